The molecule has 0 fully saturated rings. The van der Waals surface area contributed by atoms with Gasteiger partial charge < -0.3 is 10.4 Å². The summed E-state index contributed by atoms with van der Waals surface area (Å²) in [5, 5.41) is 12.1. The van der Waals surface area contributed by atoms with Gasteiger partial charge in [-0.1, -0.05) is 29.8 Å². The van der Waals surface area contributed by atoms with Crippen molar-refractivity contribution in [3.63, 3.8) is 0 Å². The van der Waals surface area contributed by atoms with Crippen LogP contribution in [0.1, 0.15) is 13.8 Å². The summed E-state index contributed by atoms with van der Waals surface area (Å²) in [7, 11) is 0. The zero-order valence-corrected chi connectivity index (χ0v) is 8.39. The summed E-state index contributed by atoms with van der Waals surface area (Å²) in [6.07, 6.45) is -0.446. The second kappa shape index (κ2) is 5.55. The van der Waals surface area contributed by atoms with E-state index in [1.54, 1.807) is 0 Å². The minimum absolute atomic E-state index is 0.0929. The lowest BCUT2D eigenvalue weighted by Crippen LogP contribution is -2.35. The number of hydrogen-bond donors (Lipinski definition) is 2. The fourth-order valence-electron chi connectivity index (χ4n) is 0.501. The standard InChI is InChI=1S/C7H14BrNO2/c1-5(2)6(10)4-9-7(11)3-8/h5-6,10H,3-4H2,1-2H3,(H,9,11). The first kappa shape index (κ1) is 10.9. The van der Waals surface area contributed by atoms with Gasteiger partial charge >= 0.3 is 0 Å². The van der Waals surface area contributed by atoms with Crippen LogP contribution in [0.4, 0.5) is 0 Å². The third kappa shape index (κ3) is 5.21. The normalized spacial score (nSPS) is 13.2. The zero-order valence-electron chi connectivity index (χ0n) is 6.80. The molecule has 3 nitrogen and oxygen atoms in total. The van der Waals surface area contributed by atoms with Crippen molar-refractivity contribution < 1.29 is 9.90 Å². The van der Waals surface area contributed by atoms with Crippen LogP contribution in [0, 0.1) is 5.92 Å². The van der Waals surface area contributed by atoms with Crippen LogP contribution in [-0.2, 0) is 4.79 Å². The summed E-state index contributed by atoms with van der Waals surface area (Å²) < 4.78 is 0. The van der Waals surface area contributed by atoms with Crippen LogP contribution < -0.4 is 5.32 Å². The first-order valence-corrected chi connectivity index (χ1v) is 4.70. The fraction of sp³-hybridized carbons (Fsp3) is 0.857. The first-order chi connectivity index (χ1) is 5.07. The van der Waals surface area contributed by atoms with E-state index in [1.807, 2.05) is 13.8 Å². The van der Waals surface area contributed by atoms with Crippen molar-refractivity contribution in [2.75, 3.05) is 11.9 Å². The van der Waals surface area contributed by atoms with E-state index in [4.69, 9.17) is 0 Å². The van der Waals surface area contributed by atoms with E-state index >= 15 is 0 Å². The quantitative estimate of drug-likeness (QED) is 0.683. The molecule has 0 saturated heterocycles. The van der Waals surface area contributed by atoms with Gasteiger partial charge in [-0.05, 0) is 5.92 Å². The maximum Gasteiger partial charge on any atom is 0.230 e. The lowest BCUT2D eigenvalue weighted by atomic mass is 10.1. The summed E-state index contributed by atoms with van der Waals surface area (Å²) in [5.41, 5.74) is 0. The van der Waals surface area contributed by atoms with Crippen molar-refractivity contribution in [2.45, 2.75) is 20.0 Å². The SMILES string of the molecule is CC(C)C(O)CNC(=O)CBr. The molecule has 0 heterocycles. The second-order valence-corrected chi connectivity index (χ2v) is 3.31. The van der Waals surface area contributed by atoms with E-state index in [0.29, 0.717) is 6.54 Å². The first-order valence-electron chi connectivity index (χ1n) is 3.58. The number of nitrogens with one attached hydrogen (secondary N) is 1. The van der Waals surface area contributed by atoms with Gasteiger partial charge in [-0.25, -0.2) is 0 Å². The molecule has 0 saturated carbocycles. The van der Waals surface area contributed by atoms with Crippen molar-refractivity contribution in [2.24, 2.45) is 5.92 Å². The Bertz CT molecular complexity index is 128. The Kier molecular flexibility index (Phi) is 5.50. The molecule has 2 N–H and O–H groups in total. The molecule has 1 amide bonds. The van der Waals surface area contributed by atoms with Crippen LogP contribution in [0.2, 0.25) is 0 Å². The molecular weight excluding hydrogens is 210 g/mol. The molecular formula is C7H14BrNO2. The van der Waals surface area contributed by atoms with E-state index in [-0.39, 0.29) is 17.2 Å². The summed E-state index contributed by atoms with van der Waals surface area (Å²) in [6, 6.07) is 0. The van der Waals surface area contributed by atoms with Gasteiger partial charge in [0.2, 0.25) is 5.91 Å². The topological polar surface area (TPSA) is 49.3 Å². The zero-order chi connectivity index (χ0) is 8.85. The Morgan fingerprint density at radius 1 is 1.64 bits per heavy atom. The molecule has 1 unspecified atom stereocenters. The van der Waals surface area contributed by atoms with E-state index in [9.17, 15) is 9.90 Å². The van der Waals surface area contributed by atoms with Gasteiger partial charge in [0.15, 0.2) is 0 Å². The number of hydrogen-bond acceptors (Lipinski definition) is 2. The molecule has 0 rings (SSSR count). The number of aliphatic hydroxyl groups excluding tert-OH is 1. The Labute approximate surface area is 75.3 Å². The number of carbonyl (C=O) groups excluding carboxylic acids is 1. The predicted molar refractivity (Wildman–Crippen MR) is 47.6 cm³/mol. The predicted octanol–water partition coefficient (Wildman–Crippen LogP) is 0.514. The van der Waals surface area contributed by atoms with Gasteiger partial charge in [0.1, 0.15) is 0 Å². The summed E-state index contributed by atoms with van der Waals surface area (Å²) in [6.45, 7) is 4.15. The molecule has 0 aliphatic rings. The highest BCUT2D eigenvalue weighted by molar-refractivity contribution is 9.09. The molecule has 4 heteroatoms. The van der Waals surface area contributed by atoms with Crippen molar-refractivity contribution in [3.8, 4) is 0 Å². The van der Waals surface area contributed by atoms with Crippen LogP contribution in [-0.4, -0.2) is 29.0 Å². The molecule has 0 aliphatic heterocycles. The Balaban J connectivity index is 3.45. The molecule has 0 spiro atoms. The van der Waals surface area contributed by atoms with Crippen LogP contribution in [0.3, 0.4) is 0 Å². The van der Waals surface area contributed by atoms with E-state index < -0.39 is 6.10 Å². The number of aliphatic hydroxyl groups is 1. The third-order valence-electron chi connectivity index (χ3n) is 1.40. The average molecular weight is 224 g/mol. The van der Waals surface area contributed by atoms with Gasteiger partial charge in [0.25, 0.3) is 0 Å². The highest BCUT2D eigenvalue weighted by Crippen LogP contribution is 1.98. The third-order valence-corrected chi connectivity index (χ3v) is 1.91. The fourth-order valence-corrected chi connectivity index (χ4v) is 0.700. The Hall–Kier alpha value is -0.0900. The molecule has 0 aliphatic carbocycles. The van der Waals surface area contributed by atoms with Crippen molar-refractivity contribution >= 4 is 21.8 Å². The van der Waals surface area contributed by atoms with Crippen LogP contribution in [0.25, 0.3) is 0 Å². The molecule has 0 aromatic rings. The van der Waals surface area contributed by atoms with E-state index in [2.05, 4.69) is 21.2 Å². The van der Waals surface area contributed by atoms with Crippen molar-refractivity contribution in [1.82, 2.24) is 5.32 Å². The minimum Gasteiger partial charge on any atom is -0.391 e. The molecule has 0 radical (unpaired) electrons. The van der Waals surface area contributed by atoms with Crippen molar-refractivity contribution in [1.29, 1.82) is 0 Å². The second-order valence-electron chi connectivity index (χ2n) is 2.75. The summed E-state index contributed by atoms with van der Waals surface area (Å²) in [5.74, 6) is 0.0929. The molecule has 0 aromatic carbocycles. The maximum atomic E-state index is 10.7. The van der Waals surface area contributed by atoms with Crippen molar-refractivity contribution in [3.05, 3.63) is 0 Å². The largest absolute Gasteiger partial charge is 0.391 e. The molecule has 0 bridgehead atoms. The van der Waals surface area contributed by atoms with Gasteiger partial charge in [-0.2, -0.15) is 0 Å². The van der Waals surface area contributed by atoms with Crippen LogP contribution >= 0.6 is 15.9 Å². The number of rotatable bonds is 4. The van der Waals surface area contributed by atoms with E-state index in [1.165, 1.54) is 0 Å². The molecule has 11 heavy (non-hydrogen) atoms. The van der Waals surface area contributed by atoms with Gasteiger partial charge in [-0.3, -0.25) is 4.79 Å². The maximum absolute atomic E-state index is 10.7. The van der Waals surface area contributed by atoms with E-state index in [0.717, 1.165) is 0 Å². The smallest absolute Gasteiger partial charge is 0.230 e. The lowest BCUT2D eigenvalue weighted by molar-refractivity contribution is -0.119. The minimum atomic E-state index is -0.446. The van der Waals surface area contributed by atoms with Gasteiger partial charge in [0, 0.05) is 6.54 Å². The Morgan fingerprint density at radius 3 is 2.55 bits per heavy atom. The molecule has 66 valence electrons. The monoisotopic (exact) mass is 223 g/mol. The lowest BCUT2D eigenvalue weighted by Gasteiger charge is -2.14. The van der Waals surface area contributed by atoms with Gasteiger partial charge in [-0.15, -0.1) is 0 Å². The summed E-state index contributed by atoms with van der Waals surface area (Å²) in [4.78, 5) is 10.7. The van der Waals surface area contributed by atoms with Crippen LogP contribution in [0.15, 0.2) is 0 Å². The van der Waals surface area contributed by atoms with Gasteiger partial charge in [0.05, 0.1) is 11.4 Å². The number of carbonyl (C=O) groups is 1. The highest BCUT2D eigenvalue weighted by atomic mass is 79.9. The Morgan fingerprint density at radius 2 is 2.18 bits per heavy atom. The molecule has 0 aromatic heterocycles. The van der Waals surface area contributed by atoms with Crippen LogP contribution in [0.5, 0.6) is 0 Å². The number of halogens is 1. The highest BCUT2D eigenvalue weighted by Gasteiger charge is 2.09. The summed E-state index contributed by atoms with van der Waals surface area (Å²) >= 11 is 3.01. The molecule has 1 atom stereocenters. The average Bonchev–Trinajstić information content (AvgIpc) is 1.99. The number of amides is 1. The number of alkyl halides is 1.